The van der Waals surface area contributed by atoms with Crippen molar-refractivity contribution >= 4 is 40.5 Å². The van der Waals surface area contributed by atoms with Gasteiger partial charge < -0.3 is 15.5 Å². The molecule has 0 aliphatic heterocycles. The van der Waals surface area contributed by atoms with Crippen molar-refractivity contribution in [2.75, 3.05) is 23.7 Å². The molecule has 39 heavy (non-hydrogen) atoms. The van der Waals surface area contributed by atoms with Gasteiger partial charge in [0.25, 0.3) is 11.8 Å². The van der Waals surface area contributed by atoms with Crippen LogP contribution in [0.2, 0.25) is 0 Å². The van der Waals surface area contributed by atoms with Crippen molar-refractivity contribution in [3.05, 3.63) is 87.2 Å². The largest absolute Gasteiger partial charge is 0.339 e. The lowest BCUT2D eigenvalue weighted by Gasteiger charge is -2.18. The number of aryl methyl sites for hydroxylation is 2. The van der Waals surface area contributed by atoms with Gasteiger partial charge in [-0.05, 0) is 100 Å². The molecule has 0 unspecified atom stereocenters. The highest BCUT2D eigenvalue weighted by atomic mass is 32.1. The Kier molecular flexibility index (Phi) is 8.02. The van der Waals surface area contributed by atoms with Crippen molar-refractivity contribution in [1.82, 2.24) is 14.9 Å². The van der Waals surface area contributed by atoms with Crippen molar-refractivity contribution in [3.8, 4) is 11.3 Å². The van der Waals surface area contributed by atoms with Crippen molar-refractivity contribution in [2.24, 2.45) is 0 Å². The van der Waals surface area contributed by atoms with Crippen LogP contribution in [0.25, 0.3) is 11.3 Å². The first-order valence-electron chi connectivity index (χ1n) is 13.5. The smallest absolute Gasteiger partial charge is 0.265 e. The molecule has 2 aromatic heterocycles. The summed E-state index contributed by atoms with van der Waals surface area (Å²) in [5.74, 6) is 0.405. The van der Waals surface area contributed by atoms with E-state index in [1.54, 1.807) is 22.4 Å². The van der Waals surface area contributed by atoms with Crippen molar-refractivity contribution in [2.45, 2.75) is 46.5 Å². The molecule has 0 bridgehead atoms. The highest BCUT2D eigenvalue weighted by Gasteiger charge is 2.19. The van der Waals surface area contributed by atoms with Gasteiger partial charge in [-0.1, -0.05) is 12.1 Å². The van der Waals surface area contributed by atoms with E-state index in [4.69, 9.17) is 4.98 Å². The first-order chi connectivity index (χ1) is 19.0. The van der Waals surface area contributed by atoms with E-state index in [0.29, 0.717) is 24.6 Å². The number of aromatic nitrogens is 2. The monoisotopic (exact) mass is 539 g/mol. The van der Waals surface area contributed by atoms with Crippen molar-refractivity contribution in [3.63, 3.8) is 0 Å². The summed E-state index contributed by atoms with van der Waals surface area (Å²) < 4.78 is 0. The summed E-state index contributed by atoms with van der Waals surface area (Å²) in [6, 6.07) is 17.1. The van der Waals surface area contributed by atoms with Gasteiger partial charge in [-0.15, -0.1) is 11.3 Å². The molecule has 0 saturated heterocycles. The summed E-state index contributed by atoms with van der Waals surface area (Å²) in [5, 5.41) is 6.35. The molecule has 1 aliphatic rings. The van der Waals surface area contributed by atoms with Crippen LogP contribution in [0.1, 0.15) is 62.7 Å². The summed E-state index contributed by atoms with van der Waals surface area (Å²) in [6.07, 6.45) is 6.25. The minimum atomic E-state index is -0.0670. The summed E-state index contributed by atoms with van der Waals surface area (Å²) in [5.41, 5.74) is 6.15. The van der Waals surface area contributed by atoms with Gasteiger partial charge in [-0.2, -0.15) is 0 Å². The molecule has 2 heterocycles. The van der Waals surface area contributed by atoms with E-state index in [1.807, 2.05) is 69.3 Å². The molecule has 200 valence electrons. The molecule has 4 aromatic rings. The maximum Gasteiger partial charge on any atom is 0.265 e. The highest BCUT2D eigenvalue weighted by Crippen LogP contribution is 2.32. The molecule has 8 heteroatoms. The fourth-order valence-corrected chi connectivity index (χ4v) is 6.07. The zero-order chi connectivity index (χ0) is 27.4. The maximum atomic E-state index is 13.1. The summed E-state index contributed by atoms with van der Waals surface area (Å²) in [7, 11) is 0. The Morgan fingerprint density at radius 1 is 1.00 bits per heavy atom. The molecule has 7 nitrogen and oxygen atoms in total. The van der Waals surface area contributed by atoms with E-state index in [1.165, 1.54) is 23.3 Å². The third-order valence-electron chi connectivity index (χ3n) is 7.17. The molecule has 0 atom stereocenters. The van der Waals surface area contributed by atoms with Gasteiger partial charge in [0.1, 0.15) is 0 Å². The van der Waals surface area contributed by atoms with Gasteiger partial charge in [0.2, 0.25) is 5.95 Å². The number of carbonyl (C=O) groups excluding carboxylic acids is 2. The number of rotatable bonds is 8. The van der Waals surface area contributed by atoms with E-state index in [0.717, 1.165) is 45.9 Å². The molecule has 2 aromatic carbocycles. The number of benzene rings is 2. The SMILES string of the molecule is CCN(CC)C(=O)c1ccc(Nc2nccc(-c3cccc(NC(=O)c4cc5c(s4)CCCC5)c3C)n2)cc1. The Morgan fingerprint density at radius 2 is 1.77 bits per heavy atom. The van der Waals surface area contributed by atoms with Gasteiger partial charge in [-0.3, -0.25) is 9.59 Å². The van der Waals surface area contributed by atoms with Crippen LogP contribution in [0.3, 0.4) is 0 Å². The number of amides is 2. The lowest BCUT2D eigenvalue weighted by molar-refractivity contribution is 0.0773. The van der Waals surface area contributed by atoms with Gasteiger partial charge in [0.15, 0.2) is 0 Å². The fraction of sp³-hybridized carbons (Fsp3) is 0.290. The summed E-state index contributed by atoms with van der Waals surface area (Å²) in [6.45, 7) is 7.29. The van der Waals surface area contributed by atoms with Gasteiger partial charge in [0, 0.05) is 46.7 Å². The van der Waals surface area contributed by atoms with E-state index in [9.17, 15) is 9.59 Å². The Balaban J connectivity index is 1.31. The lowest BCUT2D eigenvalue weighted by atomic mass is 9.99. The van der Waals surface area contributed by atoms with Crippen LogP contribution < -0.4 is 10.6 Å². The molecule has 1 aliphatic carbocycles. The highest BCUT2D eigenvalue weighted by molar-refractivity contribution is 7.14. The topological polar surface area (TPSA) is 87.2 Å². The van der Waals surface area contributed by atoms with Crippen LogP contribution in [-0.4, -0.2) is 39.8 Å². The van der Waals surface area contributed by atoms with Crippen molar-refractivity contribution < 1.29 is 9.59 Å². The number of anilines is 3. The second-order valence-electron chi connectivity index (χ2n) is 9.64. The van der Waals surface area contributed by atoms with Crippen LogP contribution in [0.15, 0.2) is 60.8 Å². The third kappa shape index (κ3) is 5.86. The third-order valence-corrected chi connectivity index (χ3v) is 8.41. The predicted octanol–water partition coefficient (Wildman–Crippen LogP) is 6.87. The minimum absolute atomic E-state index is 0.0194. The molecule has 0 fully saturated rings. The van der Waals surface area contributed by atoms with E-state index in [-0.39, 0.29) is 11.8 Å². The standard InChI is InChI=1S/C31H33N5O2S/c1-4-36(5-2)30(38)21-13-15-23(16-14-21)33-31-32-18-17-26(35-31)24-10-8-11-25(20(24)3)34-29(37)28-19-22-9-6-7-12-27(22)39-28/h8,10-11,13-19H,4-7,9,12H2,1-3H3,(H,34,37)(H,32,33,35). The summed E-state index contributed by atoms with van der Waals surface area (Å²) in [4.78, 5) is 38.7. The van der Waals surface area contributed by atoms with E-state index < -0.39 is 0 Å². The number of fused-ring (bicyclic) bond motifs is 1. The van der Waals surface area contributed by atoms with Gasteiger partial charge in [0.05, 0.1) is 10.6 Å². The van der Waals surface area contributed by atoms with E-state index >= 15 is 0 Å². The molecule has 0 spiro atoms. The zero-order valence-corrected chi connectivity index (χ0v) is 23.4. The molecule has 2 N–H and O–H groups in total. The second kappa shape index (κ2) is 11.8. The first kappa shape index (κ1) is 26.6. The average molecular weight is 540 g/mol. The van der Waals surface area contributed by atoms with Crippen LogP contribution in [0.4, 0.5) is 17.3 Å². The molecule has 2 amide bonds. The van der Waals surface area contributed by atoms with Crippen LogP contribution in [-0.2, 0) is 12.8 Å². The normalized spacial score (nSPS) is 12.5. The van der Waals surface area contributed by atoms with Gasteiger partial charge >= 0.3 is 0 Å². The Hall–Kier alpha value is -4.04. The van der Waals surface area contributed by atoms with Crippen molar-refractivity contribution in [1.29, 1.82) is 0 Å². The van der Waals surface area contributed by atoms with Crippen LogP contribution >= 0.6 is 11.3 Å². The van der Waals surface area contributed by atoms with E-state index in [2.05, 4.69) is 21.7 Å². The number of nitrogens with one attached hydrogen (secondary N) is 2. The Bertz CT molecular complexity index is 1470. The fourth-order valence-electron chi connectivity index (χ4n) is 4.92. The van der Waals surface area contributed by atoms with Gasteiger partial charge in [-0.25, -0.2) is 9.97 Å². The van der Waals surface area contributed by atoms with Crippen LogP contribution in [0, 0.1) is 6.92 Å². The quantitative estimate of drug-likeness (QED) is 0.255. The Labute approximate surface area is 233 Å². The molecular formula is C31H33N5O2S. The molecule has 5 rings (SSSR count). The lowest BCUT2D eigenvalue weighted by Crippen LogP contribution is -2.30. The maximum absolute atomic E-state index is 13.1. The number of nitrogens with zero attached hydrogens (tertiary/aromatic N) is 3. The number of hydrogen-bond donors (Lipinski definition) is 2. The first-order valence-corrected chi connectivity index (χ1v) is 14.3. The second-order valence-corrected chi connectivity index (χ2v) is 10.8. The number of thiophene rings is 1. The Morgan fingerprint density at radius 3 is 2.51 bits per heavy atom. The molecule has 0 radical (unpaired) electrons. The number of carbonyl (C=O) groups is 2. The molecule has 0 saturated carbocycles. The predicted molar refractivity (Wildman–Crippen MR) is 158 cm³/mol. The molecular weight excluding hydrogens is 506 g/mol. The number of hydrogen-bond acceptors (Lipinski definition) is 6. The average Bonchev–Trinajstić information content (AvgIpc) is 3.40. The summed E-state index contributed by atoms with van der Waals surface area (Å²) >= 11 is 1.62. The van der Waals surface area contributed by atoms with Crippen LogP contribution in [0.5, 0.6) is 0 Å². The minimum Gasteiger partial charge on any atom is -0.339 e. The zero-order valence-electron chi connectivity index (χ0n) is 22.6.